The Balaban J connectivity index is 1.60. The average Bonchev–Trinajstić information content (AvgIpc) is 2.96. The van der Waals surface area contributed by atoms with E-state index in [4.69, 9.17) is 10.5 Å². The van der Waals surface area contributed by atoms with Gasteiger partial charge in [0, 0.05) is 18.0 Å². The van der Waals surface area contributed by atoms with Crippen LogP contribution in [0.4, 0.5) is 0 Å². The highest BCUT2D eigenvalue weighted by Crippen LogP contribution is 2.25. The van der Waals surface area contributed by atoms with Crippen molar-refractivity contribution in [2.75, 3.05) is 19.7 Å². The number of likely N-dealkylation sites (tertiary alicyclic amines) is 1. The van der Waals surface area contributed by atoms with Crippen LogP contribution in [-0.4, -0.2) is 51.9 Å². The van der Waals surface area contributed by atoms with Crippen LogP contribution in [0.1, 0.15) is 23.3 Å². The molecule has 0 aliphatic carbocycles. The number of carbonyl (C=O) groups excluding carboxylic acids is 3. The quantitative estimate of drug-likeness (QED) is 0.714. The summed E-state index contributed by atoms with van der Waals surface area (Å²) in [6, 6.07) is 0. The highest BCUT2D eigenvalue weighted by molar-refractivity contribution is 7.18. The zero-order chi connectivity index (χ0) is 20.4. The number of rotatable bonds is 5. The predicted molar refractivity (Wildman–Crippen MR) is 103 cm³/mol. The standard InChI is InChI=1S/C18H22N4O5S/c1-10-11(2)28-17-15(10)18(26)22(9-20-17)7-14(24)27-8-13(23)21-5-3-4-12(6-21)16(19)25/h9,12H,3-8H2,1-2H3,(H2,19,25)/t12-/m1/s1. The summed E-state index contributed by atoms with van der Waals surface area (Å²) in [6.07, 6.45) is 2.64. The molecule has 1 aliphatic rings. The molecule has 0 saturated carbocycles. The van der Waals surface area contributed by atoms with Crippen molar-refractivity contribution < 1.29 is 19.1 Å². The first-order valence-corrected chi connectivity index (χ1v) is 9.77. The monoisotopic (exact) mass is 406 g/mol. The smallest absolute Gasteiger partial charge is 0.326 e. The fraction of sp³-hybridized carbons (Fsp3) is 0.500. The molecule has 0 radical (unpaired) electrons. The van der Waals surface area contributed by atoms with E-state index in [1.54, 1.807) is 0 Å². The van der Waals surface area contributed by atoms with Crippen LogP contribution in [0.2, 0.25) is 0 Å². The van der Waals surface area contributed by atoms with Crippen molar-refractivity contribution >= 4 is 39.3 Å². The Morgan fingerprint density at radius 1 is 1.36 bits per heavy atom. The number of aryl methyl sites for hydroxylation is 2. The number of esters is 1. The Hall–Kier alpha value is -2.75. The molecular formula is C18H22N4O5S. The van der Waals surface area contributed by atoms with Gasteiger partial charge in [-0.3, -0.25) is 23.7 Å². The number of fused-ring (bicyclic) bond motifs is 1. The Bertz CT molecular complexity index is 996. The maximum absolute atomic E-state index is 12.6. The highest BCUT2D eigenvalue weighted by Gasteiger charge is 2.27. The molecule has 3 rings (SSSR count). The molecule has 9 nitrogen and oxygen atoms in total. The van der Waals surface area contributed by atoms with Crippen molar-refractivity contribution in [3.8, 4) is 0 Å². The first-order valence-electron chi connectivity index (χ1n) is 8.95. The van der Waals surface area contributed by atoms with Crippen molar-refractivity contribution in [2.24, 2.45) is 11.7 Å². The fourth-order valence-corrected chi connectivity index (χ4v) is 4.22. The lowest BCUT2D eigenvalue weighted by molar-refractivity contribution is -0.153. The van der Waals surface area contributed by atoms with Crippen molar-refractivity contribution in [3.63, 3.8) is 0 Å². The molecule has 1 atom stereocenters. The first-order chi connectivity index (χ1) is 13.3. The Morgan fingerprint density at radius 3 is 2.82 bits per heavy atom. The largest absolute Gasteiger partial charge is 0.454 e. The van der Waals surface area contributed by atoms with Crippen molar-refractivity contribution in [1.82, 2.24) is 14.5 Å². The maximum Gasteiger partial charge on any atom is 0.326 e. The zero-order valence-electron chi connectivity index (χ0n) is 15.8. The molecule has 0 bridgehead atoms. The molecule has 0 aromatic carbocycles. The lowest BCUT2D eigenvalue weighted by Crippen LogP contribution is -2.45. The molecule has 2 amide bonds. The minimum absolute atomic E-state index is 0.239. The van der Waals surface area contributed by atoms with Gasteiger partial charge in [-0.1, -0.05) is 0 Å². The number of nitrogens with zero attached hydrogens (tertiary/aromatic N) is 3. The molecule has 2 aromatic heterocycles. The van der Waals surface area contributed by atoms with Crippen LogP contribution in [-0.2, 0) is 25.7 Å². The minimum atomic E-state index is -0.704. The molecule has 0 unspecified atom stereocenters. The van der Waals surface area contributed by atoms with Gasteiger partial charge in [0.05, 0.1) is 17.6 Å². The van der Waals surface area contributed by atoms with E-state index in [0.717, 1.165) is 10.4 Å². The summed E-state index contributed by atoms with van der Waals surface area (Å²) >= 11 is 1.43. The van der Waals surface area contributed by atoms with Gasteiger partial charge in [0.1, 0.15) is 11.4 Å². The van der Waals surface area contributed by atoms with E-state index in [9.17, 15) is 19.2 Å². The van der Waals surface area contributed by atoms with E-state index in [2.05, 4.69) is 4.98 Å². The number of primary amides is 1. The van der Waals surface area contributed by atoms with E-state index < -0.39 is 18.5 Å². The van der Waals surface area contributed by atoms with Crippen LogP contribution in [0.25, 0.3) is 10.2 Å². The topological polar surface area (TPSA) is 125 Å². The van der Waals surface area contributed by atoms with E-state index >= 15 is 0 Å². The zero-order valence-corrected chi connectivity index (χ0v) is 16.6. The summed E-state index contributed by atoms with van der Waals surface area (Å²) in [4.78, 5) is 55.6. The molecule has 2 aromatic rings. The van der Waals surface area contributed by atoms with Crippen molar-refractivity contribution in [3.05, 3.63) is 27.1 Å². The highest BCUT2D eigenvalue weighted by atomic mass is 32.1. The molecule has 2 N–H and O–H groups in total. The van der Waals surface area contributed by atoms with Gasteiger partial charge in [0.25, 0.3) is 11.5 Å². The minimum Gasteiger partial charge on any atom is -0.454 e. The van der Waals surface area contributed by atoms with Crippen molar-refractivity contribution in [1.29, 1.82) is 0 Å². The number of carbonyl (C=O) groups is 3. The van der Waals surface area contributed by atoms with Crippen LogP contribution < -0.4 is 11.3 Å². The van der Waals surface area contributed by atoms with Crippen LogP contribution in [0, 0.1) is 19.8 Å². The summed E-state index contributed by atoms with van der Waals surface area (Å²) in [5.74, 6) is -1.90. The summed E-state index contributed by atoms with van der Waals surface area (Å²) in [5.41, 5.74) is 5.85. The Morgan fingerprint density at radius 2 is 2.11 bits per heavy atom. The Kier molecular flexibility index (Phi) is 5.78. The number of nitrogens with two attached hydrogens (primary N) is 1. The second-order valence-corrected chi connectivity index (χ2v) is 8.09. The van der Waals surface area contributed by atoms with E-state index in [1.165, 1.54) is 27.1 Å². The number of hydrogen-bond donors (Lipinski definition) is 1. The van der Waals surface area contributed by atoms with E-state index in [-0.39, 0.29) is 30.5 Å². The molecular weight excluding hydrogens is 384 g/mol. The average molecular weight is 406 g/mol. The summed E-state index contributed by atoms with van der Waals surface area (Å²) in [5, 5.41) is 0.500. The third-order valence-electron chi connectivity index (χ3n) is 4.99. The normalized spacial score (nSPS) is 16.9. The molecule has 3 heterocycles. The summed E-state index contributed by atoms with van der Waals surface area (Å²) < 4.78 is 6.21. The first kappa shape index (κ1) is 20.0. The van der Waals surface area contributed by atoms with Gasteiger partial charge in [0.2, 0.25) is 5.91 Å². The number of aromatic nitrogens is 2. The number of piperidine rings is 1. The van der Waals surface area contributed by atoms with Gasteiger partial charge in [-0.15, -0.1) is 11.3 Å². The van der Waals surface area contributed by atoms with Gasteiger partial charge >= 0.3 is 5.97 Å². The molecule has 150 valence electrons. The van der Waals surface area contributed by atoms with Gasteiger partial charge in [-0.05, 0) is 32.3 Å². The van der Waals surface area contributed by atoms with Gasteiger partial charge in [-0.25, -0.2) is 4.98 Å². The molecule has 10 heteroatoms. The second-order valence-electron chi connectivity index (χ2n) is 6.88. The van der Waals surface area contributed by atoms with Gasteiger partial charge < -0.3 is 15.4 Å². The van der Waals surface area contributed by atoms with Gasteiger partial charge in [-0.2, -0.15) is 0 Å². The van der Waals surface area contributed by atoms with E-state index in [0.29, 0.717) is 29.6 Å². The molecule has 1 aliphatic heterocycles. The lowest BCUT2D eigenvalue weighted by Gasteiger charge is -2.31. The predicted octanol–water partition coefficient (Wildman–Crippen LogP) is 0.342. The molecule has 1 fully saturated rings. The fourth-order valence-electron chi connectivity index (χ4n) is 3.24. The molecule has 0 spiro atoms. The van der Waals surface area contributed by atoms with Crippen molar-refractivity contribution in [2.45, 2.75) is 33.2 Å². The van der Waals surface area contributed by atoms with Gasteiger partial charge in [0.15, 0.2) is 6.61 Å². The SMILES string of the molecule is Cc1sc2ncn(CC(=O)OCC(=O)N3CCC[C@@H](C(N)=O)C3)c(=O)c2c1C. The molecule has 28 heavy (non-hydrogen) atoms. The summed E-state index contributed by atoms with van der Waals surface area (Å²) in [6.45, 7) is 3.73. The third kappa shape index (κ3) is 4.06. The van der Waals surface area contributed by atoms with Crippen LogP contribution in [0.15, 0.2) is 11.1 Å². The number of thiophene rings is 1. The summed E-state index contributed by atoms with van der Waals surface area (Å²) in [7, 11) is 0. The number of amides is 2. The van der Waals surface area contributed by atoms with Crippen LogP contribution in [0.5, 0.6) is 0 Å². The third-order valence-corrected chi connectivity index (χ3v) is 6.10. The molecule has 1 saturated heterocycles. The van der Waals surface area contributed by atoms with Crippen LogP contribution >= 0.6 is 11.3 Å². The lowest BCUT2D eigenvalue weighted by atomic mass is 9.97. The number of hydrogen-bond acceptors (Lipinski definition) is 7. The maximum atomic E-state index is 12.6. The number of ether oxygens (including phenoxy) is 1. The van der Waals surface area contributed by atoms with E-state index in [1.807, 2.05) is 13.8 Å². The second kappa shape index (κ2) is 8.09. The Labute approximate surface area is 165 Å². The van der Waals surface area contributed by atoms with Crippen LogP contribution in [0.3, 0.4) is 0 Å².